The first-order chi connectivity index (χ1) is 15.5. The zero-order valence-corrected chi connectivity index (χ0v) is 18.8. The number of nitrogens with one attached hydrogen (secondary N) is 1. The molecule has 0 aliphatic carbocycles. The van der Waals surface area contributed by atoms with Gasteiger partial charge in [-0.2, -0.15) is 9.39 Å². The van der Waals surface area contributed by atoms with Gasteiger partial charge in [-0.05, 0) is 47.7 Å². The van der Waals surface area contributed by atoms with Gasteiger partial charge in [0.05, 0.1) is 30.2 Å². The number of ether oxygens (including phenoxy) is 2. The van der Waals surface area contributed by atoms with E-state index < -0.39 is 11.9 Å². The maximum Gasteiger partial charge on any atom is 0.343 e. The fourth-order valence-electron chi connectivity index (χ4n) is 2.94. The monoisotopic (exact) mass is 466 g/mol. The third-order valence-electron chi connectivity index (χ3n) is 4.47. The number of amides is 1. The summed E-state index contributed by atoms with van der Waals surface area (Å²) in [7, 11) is 1.53. The molecule has 162 valence electrons. The molecular weight excluding hydrogens is 448 g/mol. The molecule has 4 rings (SSSR count). The Kier molecular flexibility index (Phi) is 6.42. The maximum absolute atomic E-state index is 12.5. The molecule has 1 N–H and O–H groups in total. The molecule has 2 aliphatic rings. The van der Waals surface area contributed by atoms with Crippen molar-refractivity contribution in [1.82, 2.24) is 4.90 Å². The van der Waals surface area contributed by atoms with Crippen LogP contribution in [0.3, 0.4) is 0 Å². The van der Waals surface area contributed by atoms with Gasteiger partial charge in [-0.3, -0.25) is 10.2 Å². The van der Waals surface area contributed by atoms with Crippen molar-refractivity contribution in [2.24, 2.45) is 9.39 Å². The van der Waals surface area contributed by atoms with Crippen molar-refractivity contribution >= 4 is 57.8 Å². The first-order valence-corrected chi connectivity index (χ1v) is 11.3. The Balaban J connectivity index is 1.50. The number of esters is 1. The number of hydrogen-bond acceptors (Lipinski definition) is 8. The molecule has 8 nitrogen and oxygen atoms in total. The van der Waals surface area contributed by atoms with Gasteiger partial charge >= 0.3 is 5.97 Å². The van der Waals surface area contributed by atoms with E-state index in [1.54, 1.807) is 59.5 Å². The van der Waals surface area contributed by atoms with Crippen molar-refractivity contribution in [3.8, 4) is 11.5 Å². The lowest BCUT2D eigenvalue weighted by molar-refractivity contribution is -0.114. The van der Waals surface area contributed by atoms with E-state index in [9.17, 15) is 9.59 Å². The molecule has 1 amide bonds. The first-order valence-electron chi connectivity index (χ1n) is 9.58. The predicted octanol–water partition coefficient (Wildman–Crippen LogP) is 4.24. The second-order valence-electron chi connectivity index (χ2n) is 6.53. The van der Waals surface area contributed by atoms with Crippen molar-refractivity contribution in [3.63, 3.8) is 0 Å². The van der Waals surface area contributed by atoms with Gasteiger partial charge in [-0.1, -0.05) is 36.9 Å². The highest BCUT2D eigenvalue weighted by Crippen LogP contribution is 2.32. The number of amidine groups is 3. The highest BCUT2D eigenvalue weighted by atomic mass is 32.2. The molecule has 0 bridgehead atoms. The molecule has 0 atom stereocenters. The largest absolute Gasteiger partial charge is 0.497 e. The Labute approximate surface area is 193 Å². The predicted molar refractivity (Wildman–Crippen MR) is 128 cm³/mol. The number of nitrogens with zero attached hydrogens (tertiary/aromatic N) is 3. The molecule has 10 heteroatoms. The zero-order chi connectivity index (χ0) is 22.7. The van der Waals surface area contributed by atoms with Crippen LogP contribution in [0.1, 0.15) is 22.8 Å². The van der Waals surface area contributed by atoms with Crippen molar-refractivity contribution in [2.45, 2.75) is 6.92 Å². The Hall–Kier alpha value is -3.37. The van der Waals surface area contributed by atoms with Gasteiger partial charge in [0.1, 0.15) is 17.3 Å². The van der Waals surface area contributed by atoms with Crippen LogP contribution in [-0.2, 0) is 4.79 Å². The molecule has 0 spiro atoms. The number of benzene rings is 2. The minimum Gasteiger partial charge on any atom is -0.497 e. The van der Waals surface area contributed by atoms with E-state index in [1.807, 2.05) is 6.92 Å². The van der Waals surface area contributed by atoms with E-state index >= 15 is 0 Å². The fraction of sp³-hybridized carbons (Fsp3) is 0.136. The third-order valence-corrected chi connectivity index (χ3v) is 6.11. The quantitative estimate of drug-likeness (QED) is 0.304. The smallest absolute Gasteiger partial charge is 0.343 e. The van der Waals surface area contributed by atoms with Gasteiger partial charge in [0, 0.05) is 0 Å². The SMILES string of the molecule is CCSC1=NSC2=NC(=O)/C(=C\c3ccc(OC(=O)c4cccc(OC)c4)cc3)C(=N)N12. The summed E-state index contributed by atoms with van der Waals surface area (Å²) >= 11 is 2.58. The van der Waals surface area contributed by atoms with Crippen LogP contribution in [0, 0.1) is 5.41 Å². The van der Waals surface area contributed by atoms with Gasteiger partial charge in [0.15, 0.2) is 5.17 Å². The molecule has 2 aromatic rings. The number of carbonyl (C=O) groups excluding carboxylic acids is 2. The summed E-state index contributed by atoms with van der Waals surface area (Å²) in [4.78, 5) is 30.5. The summed E-state index contributed by atoms with van der Waals surface area (Å²) in [6.07, 6.45) is 1.59. The van der Waals surface area contributed by atoms with E-state index in [-0.39, 0.29) is 11.4 Å². The van der Waals surface area contributed by atoms with Crippen LogP contribution in [0.25, 0.3) is 6.08 Å². The van der Waals surface area contributed by atoms with E-state index in [2.05, 4.69) is 9.39 Å². The molecular formula is C22H18N4O4S2. The number of fused-ring (bicyclic) bond motifs is 1. The Morgan fingerprint density at radius 3 is 2.72 bits per heavy atom. The van der Waals surface area contributed by atoms with Gasteiger partial charge in [-0.25, -0.2) is 9.69 Å². The summed E-state index contributed by atoms with van der Waals surface area (Å²) in [5.41, 5.74) is 1.21. The fourth-order valence-corrected chi connectivity index (χ4v) is 4.51. The van der Waals surface area contributed by atoms with Gasteiger partial charge in [0.25, 0.3) is 5.91 Å². The van der Waals surface area contributed by atoms with Gasteiger partial charge in [0.2, 0.25) is 5.17 Å². The first kappa shape index (κ1) is 21.8. The molecule has 0 unspecified atom stereocenters. The van der Waals surface area contributed by atoms with E-state index in [4.69, 9.17) is 14.9 Å². The summed E-state index contributed by atoms with van der Waals surface area (Å²) in [6.45, 7) is 1.99. The van der Waals surface area contributed by atoms with Crippen molar-refractivity contribution in [1.29, 1.82) is 5.41 Å². The normalized spacial score (nSPS) is 16.6. The average molecular weight is 467 g/mol. The molecule has 0 fully saturated rings. The van der Waals surface area contributed by atoms with Crippen LogP contribution in [0.2, 0.25) is 0 Å². The van der Waals surface area contributed by atoms with Crippen LogP contribution >= 0.6 is 23.7 Å². The standard InChI is InChI=1S/C22H18N4O4S2/c1-3-31-22-25-32-21-24-19(27)17(18(23)26(21)22)11-13-7-9-15(10-8-13)30-20(28)14-5-4-6-16(12-14)29-2/h4-12,23H,3H2,1-2H3/b17-11-,23-18?. The minimum absolute atomic E-state index is 0.0400. The number of carbonyl (C=O) groups is 2. The third kappa shape index (κ3) is 4.46. The Morgan fingerprint density at radius 1 is 1.22 bits per heavy atom. The zero-order valence-electron chi connectivity index (χ0n) is 17.2. The van der Waals surface area contributed by atoms with Crippen LogP contribution in [0.4, 0.5) is 0 Å². The number of aliphatic imine (C=N–C) groups is 1. The number of methoxy groups -OCH3 is 1. The lowest BCUT2D eigenvalue weighted by Crippen LogP contribution is -2.41. The van der Waals surface area contributed by atoms with Crippen LogP contribution in [0.5, 0.6) is 11.5 Å². The van der Waals surface area contributed by atoms with E-state index in [0.29, 0.717) is 33.0 Å². The lowest BCUT2D eigenvalue weighted by atomic mass is 10.1. The molecule has 2 aliphatic heterocycles. The van der Waals surface area contributed by atoms with Crippen molar-refractivity contribution in [2.75, 3.05) is 12.9 Å². The highest BCUT2D eigenvalue weighted by molar-refractivity contribution is 8.19. The molecule has 2 heterocycles. The van der Waals surface area contributed by atoms with Gasteiger partial charge < -0.3 is 9.47 Å². The van der Waals surface area contributed by atoms with Crippen molar-refractivity contribution in [3.05, 3.63) is 65.2 Å². The summed E-state index contributed by atoms with van der Waals surface area (Å²) in [5.74, 6) is 0.759. The molecule has 0 saturated heterocycles. The van der Waals surface area contributed by atoms with E-state index in [1.165, 1.54) is 18.9 Å². The van der Waals surface area contributed by atoms with Crippen LogP contribution in [-0.4, -0.2) is 45.8 Å². The number of rotatable bonds is 5. The second-order valence-corrected chi connectivity index (χ2v) is 8.49. The number of thioether (sulfide) groups is 1. The topological polar surface area (TPSA) is 104 Å². The summed E-state index contributed by atoms with van der Waals surface area (Å²) in [5, 5.41) is 9.53. The highest BCUT2D eigenvalue weighted by Gasteiger charge is 2.37. The van der Waals surface area contributed by atoms with Gasteiger partial charge in [-0.15, -0.1) is 0 Å². The van der Waals surface area contributed by atoms with Crippen LogP contribution in [0.15, 0.2) is 63.5 Å². The molecule has 32 heavy (non-hydrogen) atoms. The molecule has 2 aromatic carbocycles. The average Bonchev–Trinajstić information content (AvgIpc) is 3.20. The Bertz CT molecular complexity index is 1190. The minimum atomic E-state index is -0.507. The number of hydrogen-bond donors (Lipinski definition) is 1. The van der Waals surface area contributed by atoms with Crippen LogP contribution < -0.4 is 9.47 Å². The molecule has 0 saturated carbocycles. The summed E-state index contributed by atoms with van der Waals surface area (Å²) < 4.78 is 14.8. The lowest BCUT2D eigenvalue weighted by Gasteiger charge is -2.24. The maximum atomic E-state index is 12.5. The van der Waals surface area contributed by atoms with E-state index in [0.717, 1.165) is 17.7 Å². The molecule has 0 radical (unpaired) electrons. The van der Waals surface area contributed by atoms with Crippen molar-refractivity contribution < 1.29 is 19.1 Å². The second kappa shape index (κ2) is 9.41. The molecule has 0 aromatic heterocycles. The summed E-state index contributed by atoms with van der Waals surface area (Å²) in [6, 6.07) is 13.4. The Morgan fingerprint density at radius 2 is 2.00 bits per heavy atom.